The Hall–Kier alpha value is -1.75. The quantitative estimate of drug-likeness (QED) is 0.515. The summed E-state index contributed by atoms with van der Waals surface area (Å²) in [5.74, 6) is -0.217. The van der Waals surface area contributed by atoms with Crippen molar-refractivity contribution in [3.8, 4) is 5.75 Å². The highest BCUT2D eigenvalue weighted by molar-refractivity contribution is 5.74. The van der Waals surface area contributed by atoms with E-state index in [0.717, 1.165) is 0 Å². The van der Waals surface area contributed by atoms with E-state index >= 15 is 0 Å². The van der Waals surface area contributed by atoms with Crippen molar-refractivity contribution < 1.29 is 19.1 Å². The average molecular weight is 195 g/mol. The fourth-order valence-corrected chi connectivity index (χ4v) is 0.801. The molecule has 0 aliphatic heterocycles. The zero-order valence-corrected chi connectivity index (χ0v) is 7.60. The van der Waals surface area contributed by atoms with Crippen LogP contribution in [0.2, 0.25) is 0 Å². The second kappa shape index (κ2) is 5.08. The summed E-state index contributed by atoms with van der Waals surface area (Å²) in [5, 5.41) is 0. The molecule has 0 aromatic carbocycles. The molecule has 1 aromatic heterocycles. The number of nitrogens with zero attached hydrogens (tertiary/aromatic N) is 1. The summed E-state index contributed by atoms with van der Waals surface area (Å²) in [6.45, 7) is -0.116. The minimum absolute atomic E-state index is 0.116. The molecule has 0 amide bonds. The highest BCUT2D eigenvalue weighted by Crippen LogP contribution is 2.08. The van der Waals surface area contributed by atoms with Crippen molar-refractivity contribution in [3.05, 3.63) is 24.0 Å². The fraction of sp³-hybridized carbons (Fsp3) is 0.222. The largest absolute Gasteiger partial charge is 0.423 e. The van der Waals surface area contributed by atoms with E-state index in [-0.39, 0.29) is 18.1 Å². The van der Waals surface area contributed by atoms with Gasteiger partial charge in [-0.05, 0) is 12.1 Å². The molecule has 0 aliphatic rings. The minimum Gasteiger partial charge on any atom is -0.423 e. The molecule has 0 atom stereocenters. The molecule has 0 saturated heterocycles. The second-order valence-electron chi connectivity index (χ2n) is 2.44. The van der Waals surface area contributed by atoms with Gasteiger partial charge in [-0.25, -0.2) is 9.78 Å². The van der Waals surface area contributed by atoms with E-state index in [2.05, 4.69) is 9.72 Å². The number of methoxy groups -OCH3 is 1. The molecule has 0 saturated carbocycles. The SMILES string of the molecule is COCC(=O)Oc1ccc(C=O)nc1. The Morgan fingerprint density at radius 2 is 2.36 bits per heavy atom. The lowest BCUT2D eigenvalue weighted by atomic mass is 10.4. The van der Waals surface area contributed by atoms with Gasteiger partial charge >= 0.3 is 5.97 Å². The van der Waals surface area contributed by atoms with Crippen molar-refractivity contribution in [1.82, 2.24) is 4.98 Å². The van der Waals surface area contributed by atoms with E-state index in [1.807, 2.05) is 0 Å². The Balaban J connectivity index is 2.59. The monoisotopic (exact) mass is 195 g/mol. The summed E-state index contributed by atoms with van der Waals surface area (Å²) in [6, 6.07) is 2.95. The first kappa shape index (κ1) is 10.3. The van der Waals surface area contributed by atoms with Crippen LogP contribution in [-0.4, -0.2) is 31.0 Å². The van der Waals surface area contributed by atoms with E-state index in [1.165, 1.54) is 25.4 Å². The molecule has 0 unspecified atom stereocenters. The topological polar surface area (TPSA) is 65.5 Å². The second-order valence-corrected chi connectivity index (χ2v) is 2.44. The van der Waals surface area contributed by atoms with Crippen molar-refractivity contribution in [2.45, 2.75) is 0 Å². The first-order valence-corrected chi connectivity index (χ1v) is 3.87. The molecule has 0 spiro atoms. The Morgan fingerprint density at radius 1 is 1.57 bits per heavy atom. The van der Waals surface area contributed by atoms with Crippen molar-refractivity contribution in [2.75, 3.05) is 13.7 Å². The first-order chi connectivity index (χ1) is 6.76. The third-order valence-electron chi connectivity index (χ3n) is 1.37. The third-order valence-corrected chi connectivity index (χ3v) is 1.37. The Labute approximate surface area is 80.7 Å². The lowest BCUT2D eigenvalue weighted by molar-refractivity contribution is -0.138. The maximum absolute atomic E-state index is 10.9. The molecule has 5 nitrogen and oxygen atoms in total. The highest BCUT2D eigenvalue weighted by atomic mass is 16.6. The number of carbonyl (C=O) groups is 2. The summed E-state index contributed by atoms with van der Waals surface area (Å²) < 4.78 is 9.38. The minimum atomic E-state index is -0.506. The number of hydrogen-bond donors (Lipinski definition) is 0. The van der Waals surface area contributed by atoms with Crippen molar-refractivity contribution in [2.24, 2.45) is 0 Å². The van der Waals surface area contributed by atoms with E-state index < -0.39 is 5.97 Å². The van der Waals surface area contributed by atoms with Gasteiger partial charge in [0.05, 0.1) is 6.20 Å². The maximum atomic E-state index is 10.9. The number of pyridine rings is 1. The van der Waals surface area contributed by atoms with Crippen LogP contribution in [0.1, 0.15) is 10.5 Å². The van der Waals surface area contributed by atoms with Crippen LogP contribution >= 0.6 is 0 Å². The maximum Gasteiger partial charge on any atom is 0.337 e. The lowest BCUT2D eigenvalue weighted by Gasteiger charge is -2.02. The van der Waals surface area contributed by atoms with Gasteiger partial charge in [0.15, 0.2) is 6.29 Å². The molecule has 1 aromatic rings. The first-order valence-electron chi connectivity index (χ1n) is 3.87. The Morgan fingerprint density at radius 3 is 2.86 bits per heavy atom. The fourth-order valence-electron chi connectivity index (χ4n) is 0.801. The van der Waals surface area contributed by atoms with Gasteiger partial charge < -0.3 is 9.47 Å². The molecular formula is C9H9NO4. The van der Waals surface area contributed by atoms with E-state index in [4.69, 9.17) is 4.74 Å². The van der Waals surface area contributed by atoms with Crippen molar-refractivity contribution >= 4 is 12.3 Å². The molecule has 0 aliphatic carbocycles. The number of rotatable bonds is 4. The lowest BCUT2D eigenvalue weighted by Crippen LogP contribution is -2.14. The van der Waals surface area contributed by atoms with Gasteiger partial charge in [0.25, 0.3) is 0 Å². The predicted molar refractivity (Wildman–Crippen MR) is 47.1 cm³/mol. The Bertz CT molecular complexity index is 320. The summed E-state index contributed by atoms with van der Waals surface area (Å²) in [4.78, 5) is 24.9. The van der Waals surface area contributed by atoms with E-state index in [1.54, 1.807) is 0 Å². The van der Waals surface area contributed by atoms with Crippen LogP contribution in [-0.2, 0) is 9.53 Å². The summed E-state index contributed by atoms with van der Waals surface area (Å²) >= 11 is 0. The molecule has 0 fully saturated rings. The Kier molecular flexibility index (Phi) is 3.75. The van der Waals surface area contributed by atoms with Gasteiger partial charge in [-0.1, -0.05) is 0 Å². The molecule has 0 bridgehead atoms. The zero-order chi connectivity index (χ0) is 10.4. The van der Waals surface area contributed by atoms with E-state index in [0.29, 0.717) is 6.29 Å². The van der Waals surface area contributed by atoms with Crippen LogP contribution in [0.15, 0.2) is 18.3 Å². The van der Waals surface area contributed by atoms with Gasteiger partial charge in [0.1, 0.15) is 18.1 Å². The smallest absolute Gasteiger partial charge is 0.337 e. The molecule has 1 rings (SSSR count). The standard InChI is InChI=1S/C9H9NO4/c1-13-6-9(12)14-8-3-2-7(5-11)10-4-8/h2-5H,6H2,1H3. The van der Waals surface area contributed by atoms with Gasteiger partial charge in [-0.3, -0.25) is 4.79 Å². The number of ether oxygens (including phenoxy) is 2. The van der Waals surface area contributed by atoms with Gasteiger partial charge in [0.2, 0.25) is 0 Å². The molecule has 0 radical (unpaired) electrons. The van der Waals surface area contributed by atoms with Crippen LogP contribution in [0.4, 0.5) is 0 Å². The van der Waals surface area contributed by atoms with Gasteiger partial charge in [0, 0.05) is 7.11 Å². The number of carbonyl (C=O) groups excluding carboxylic acids is 2. The molecule has 5 heteroatoms. The van der Waals surface area contributed by atoms with E-state index in [9.17, 15) is 9.59 Å². The van der Waals surface area contributed by atoms with Crippen molar-refractivity contribution in [3.63, 3.8) is 0 Å². The average Bonchev–Trinajstić information content (AvgIpc) is 2.19. The van der Waals surface area contributed by atoms with Crippen LogP contribution in [0.25, 0.3) is 0 Å². The molecule has 1 heterocycles. The zero-order valence-electron chi connectivity index (χ0n) is 7.60. The number of hydrogen-bond acceptors (Lipinski definition) is 5. The summed E-state index contributed by atoms with van der Waals surface area (Å²) in [7, 11) is 1.40. The summed E-state index contributed by atoms with van der Waals surface area (Å²) in [6.07, 6.45) is 1.91. The number of esters is 1. The van der Waals surface area contributed by atoms with Crippen molar-refractivity contribution in [1.29, 1.82) is 0 Å². The number of aromatic nitrogens is 1. The van der Waals surface area contributed by atoms with Crippen LogP contribution in [0, 0.1) is 0 Å². The third kappa shape index (κ3) is 2.95. The van der Waals surface area contributed by atoms with Crippen LogP contribution in [0.5, 0.6) is 5.75 Å². The molecule has 14 heavy (non-hydrogen) atoms. The van der Waals surface area contributed by atoms with Gasteiger partial charge in [-0.2, -0.15) is 0 Å². The predicted octanol–water partition coefficient (Wildman–Crippen LogP) is 0.446. The molecular weight excluding hydrogens is 186 g/mol. The molecule has 0 N–H and O–H groups in total. The normalized spacial score (nSPS) is 9.50. The highest BCUT2D eigenvalue weighted by Gasteiger charge is 2.03. The van der Waals surface area contributed by atoms with Crippen LogP contribution in [0.3, 0.4) is 0 Å². The summed E-state index contributed by atoms with van der Waals surface area (Å²) in [5.41, 5.74) is 0.288. The van der Waals surface area contributed by atoms with Gasteiger partial charge in [-0.15, -0.1) is 0 Å². The molecule has 74 valence electrons. The number of aldehydes is 1. The van der Waals surface area contributed by atoms with Crippen LogP contribution < -0.4 is 4.74 Å².